The fraction of sp³-hybridized carbons (Fsp3) is 0.133. The van der Waals surface area contributed by atoms with Crippen LogP contribution in [0.2, 0.25) is 0 Å². The number of hydrogen-bond donors (Lipinski definition) is 3. The van der Waals surface area contributed by atoms with Gasteiger partial charge in [0, 0.05) is 6.42 Å². The average Bonchev–Trinajstić information content (AvgIpc) is 2.48. The Labute approximate surface area is 117 Å². The van der Waals surface area contributed by atoms with Crippen molar-refractivity contribution in [3.63, 3.8) is 0 Å². The summed E-state index contributed by atoms with van der Waals surface area (Å²) in [6.07, 6.45) is 0.983. The number of ether oxygens (including phenoxy) is 1. The second-order valence-electron chi connectivity index (χ2n) is 4.31. The van der Waals surface area contributed by atoms with Gasteiger partial charge in [0.15, 0.2) is 0 Å². The lowest BCUT2D eigenvalue weighted by atomic mass is 10.1. The molecule has 5 heteroatoms. The van der Waals surface area contributed by atoms with E-state index >= 15 is 0 Å². The van der Waals surface area contributed by atoms with Crippen LogP contribution < -0.4 is 16.0 Å². The van der Waals surface area contributed by atoms with Gasteiger partial charge in [-0.3, -0.25) is 10.2 Å². The summed E-state index contributed by atoms with van der Waals surface area (Å²) >= 11 is 0. The second kappa shape index (κ2) is 6.58. The van der Waals surface area contributed by atoms with Crippen LogP contribution in [-0.2, 0) is 11.2 Å². The quantitative estimate of drug-likeness (QED) is 0.442. The molecule has 2 aromatic rings. The summed E-state index contributed by atoms with van der Waals surface area (Å²) in [5.41, 5.74) is 3.13. The Morgan fingerprint density at radius 2 is 1.60 bits per heavy atom. The van der Waals surface area contributed by atoms with Crippen LogP contribution in [0, 0.1) is 0 Å². The van der Waals surface area contributed by atoms with E-state index in [4.69, 9.17) is 10.6 Å². The highest BCUT2D eigenvalue weighted by atomic mass is 16.5. The largest absolute Gasteiger partial charge is 0.508 e. The number of aromatic hydroxyl groups is 1. The fourth-order valence-electron chi connectivity index (χ4n) is 1.70. The summed E-state index contributed by atoms with van der Waals surface area (Å²) in [5.74, 6) is 6.38. The van der Waals surface area contributed by atoms with Crippen molar-refractivity contribution in [2.75, 3.05) is 0 Å². The Balaban J connectivity index is 1.94. The molecule has 0 aliphatic carbocycles. The molecule has 2 rings (SSSR count). The fourth-order valence-corrected chi connectivity index (χ4v) is 1.70. The van der Waals surface area contributed by atoms with Crippen LogP contribution in [0.15, 0.2) is 48.5 Å². The zero-order chi connectivity index (χ0) is 14.4. The molecule has 0 unspecified atom stereocenters. The Hall–Kier alpha value is -2.53. The summed E-state index contributed by atoms with van der Waals surface area (Å²) in [7, 11) is 0. The van der Waals surface area contributed by atoms with Gasteiger partial charge in [0.05, 0.1) is 0 Å². The highest BCUT2D eigenvalue weighted by molar-refractivity contribution is 5.75. The molecule has 0 heterocycles. The monoisotopic (exact) mass is 272 g/mol. The van der Waals surface area contributed by atoms with Gasteiger partial charge in [0.1, 0.15) is 17.2 Å². The van der Waals surface area contributed by atoms with Crippen molar-refractivity contribution >= 4 is 5.91 Å². The molecule has 0 spiro atoms. The Morgan fingerprint density at radius 3 is 2.15 bits per heavy atom. The number of nitrogens with two attached hydrogens (primary N) is 1. The number of carbonyl (C=O) groups is 1. The first kappa shape index (κ1) is 13.9. The van der Waals surface area contributed by atoms with Gasteiger partial charge >= 0.3 is 0 Å². The predicted molar refractivity (Wildman–Crippen MR) is 75.3 cm³/mol. The number of amides is 1. The van der Waals surface area contributed by atoms with E-state index in [-0.39, 0.29) is 11.7 Å². The van der Waals surface area contributed by atoms with Gasteiger partial charge < -0.3 is 9.84 Å². The number of aryl methyl sites for hydroxylation is 1. The molecule has 5 nitrogen and oxygen atoms in total. The predicted octanol–water partition coefficient (Wildman–Crippen LogP) is 2.11. The van der Waals surface area contributed by atoms with Gasteiger partial charge in [-0.15, -0.1) is 0 Å². The van der Waals surface area contributed by atoms with Crippen molar-refractivity contribution in [1.29, 1.82) is 0 Å². The van der Waals surface area contributed by atoms with E-state index in [1.165, 1.54) is 0 Å². The summed E-state index contributed by atoms with van der Waals surface area (Å²) < 4.78 is 5.62. The highest BCUT2D eigenvalue weighted by Crippen LogP contribution is 2.23. The van der Waals surface area contributed by atoms with Gasteiger partial charge in [0.25, 0.3) is 0 Å². The number of hydrogen-bond acceptors (Lipinski definition) is 4. The van der Waals surface area contributed by atoms with Crippen LogP contribution in [0.4, 0.5) is 0 Å². The Kier molecular flexibility index (Phi) is 4.57. The zero-order valence-electron chi connectivity index (χ0n) is 10.9. The number of hydrazine groups is 1. The van der Waals surface area contributed by atoms with E-state index < -0.39 is 0 Å². The lowest BCUT2D eigenvalue weighted by Crippen LogP contribution is -2.30. The van der Waals surface area contributed by atoms with Gasteiger partial charge in [-0.1, -0.05) is 12.1 Å². The molecule has 104 valence electrons. The first-order valence-electron chi connectivity index (χ1n) is 6.22. The maximum Gasteiger partial charge on any atom is 0.234 e. The van der Waals surface area contributed by atoms with Crippen molar-refractivity contribution in [1.82, 2.24) is 5.43 Å². The van der Waals surface area contributed by atoms with Crippen molar-refractivity contribution in [3.8, 4) is 17.2 Å². The third kappa shape index (κ3) is 4.00. The van der Waals surface area contributed by atoms with E-state index in [0.717, 1.165) is 5.56 Å². The SMILES string of the molecule is NNC(=O)CCc1ccc(Oc2ccc(O)cc2)cc1. The van der Waals surface area contributed by atoms with E-state index in [1.807, 2.05) is 24.3 Å². The molecule has 0 fully saturated rings. The van der Waals surface area contributed by atoms with Crippen molar-refractivity contribution in [3.05, 3.63) is 54.1 Å². The van der Waals surface area contributed by atoms with E-state index in [9.17, 15) is 9.90 Å². The van der Waals surface area contributed by atoms with E-state index in [0.29, 0.717) is 24.3 Å². The Morgan fingerprint density at radius 1 is 1.05 bits per heavy atom. The van der Waals surface area contributed by atoms with Crippen LogP contribution >= 0.6 is 0 Å². The minimum atomic E-state index is -0.186. The normalized spacial score (nSPS) is 10.1. The molecular formula is C15H16N2O3. The van der Waals surface area contributed by atoms with Crippen molar-refractivity contribution in [2.24, 2.45) is 5.84 Å². The standard InChI is InChI=1S/C15H16N2O3/c16-17-15(19)10-3-11-1-6-13(7-2-11)20-14-8-4-12(18)5-9-14/h1-2,4-9,18H,3,10,16H2,(H,17,19). The molecule has 4 N–H and O–H groups in total. The summed E-state index contributed by atoms with van der Waals surface area (Å²) in [5, 5.41) is 9.19. The van der Waals surface area contributed by atoms with Crippen molar-refractivity contribution < 1.29 is 14.6 Å². The molecule has 20 heavy (non-hydrogen) atoms. The first-order chi connectivity index (χ1) is 9.67. The van der Waals surface area contributed by atoms with Crippen LogP contribution in [0.3, 0.4) is 0 Å². The smallest absolute Gasteiger partial charge is 0.234 e. The lowest BCUT2D eigenvalue weighted by Gasteiger charge is -2.07. The average molecular weight is 272 g/mol. The number of phenols is 1. The molecule has 2 aromatic carbocycles. The van der Waals surface area contributed by atoms with E-state index in [1.54, 1.807) is 24.3 Å². The number of benzene rings is 2. The number of rotatable bonds is 5. The third-order valence-electron chi connectivity index (χ3n) is 2.80. The third-order valence-corrected chi connectivity index (χ3v) is 2.80. The molecule has 1 amide bonds. The second-order valence-corrected chi connectivity index (χ2v) is 4.31. The minimum Gasteiger partial charge on any atom is -0.508 e. The van der Waals surface area contributed by atoms with Gasteiger partial charge in [-0.05, 0) is 48.4 Å². The molecule has 0 saturated carbocycles. The van der Waals surface area contributed by atoms with Gasteiger partial charge in [0.2, 0.25) is 5.91 Å². The topological polar surface area (TPSA) is 84.6 Å². The minimum absolute atomic E-state index is 0.186. The molecule has 0 saturated heterocycles. The molecule has 0 atom stereocenters. The van der Waals surface area contributed by atoms with Gasteiger partial charge in [-0.2, -0.15) is 0 Å². The highest BCUT2D eigenvalue weighted by Gasteiger charge is 2.01. The molecule has 0 radical (unpaired) electrons. The molecule has 0 bridgehead atoms. The van der Waals surface area contributed by atoms with Crippen LogP contribution in [0.5, 0.6) is 17.2 Å². The first-order valence-corrected chi connectivity index (χ1v) is 6.22. The summed E-state index contributed by atoms with van der Waals surface area (Å²) in [4.78, 5) is 11.0. The number of nitrogens with one attached hydrogen (secondary N) is 1. The van der Waals surface area contributed by atoms with Crippen LogP contribution in [0.1, 0.15) is 12.0 Å². The molecular weight excluding hydrogens is 256 g/mol. The van der Waals surface area contributed by atoms with Crippen molar-refractivity contribution in [2.45, 2.75) is 12.8 Å². The number of phenolic OH excluding ortho intramolecular Hbond substituents is 1. The summed E-state index contributed by atoms with van der Waals surface area (Å²) in [6.45, 7) is 0. The lowest BCUT2D eigenvalue weighted by molar-refractivity contribution is -0.121. The van der Waals surface area contributed by atoms with Gasteiger partial charge in [-0.25, -0.2) is 5.84 Å². The number of carbonyl (C=O) groups excluding carboxylic acids is 1. The maximum atomic E-state index is 11.0. The summed E-state index contributed by atoms with van der Waals surface area (Å²) in [6, 6.07) is 14.0. The van der Waals surface area contributed by atoms with Crippen LogP contribution in [-0.4, -0.2) is 11.0 Å². The molecule has 0 aromatic heterocycles. The van der Waals surface area contributed by atoms with E-state index in [2.05, 4.69) is 5.43 Å². The maximum absolute atomic E-state index is 11.0. The Bertz CT molecular complexity index is 565. The zero-order valence-corrected chi connectivity index (χ0v) is 10.9. The molecule has 0 aliphatic rings. The van der Waals surface area contributed by atoms with Crippen LogP contribution in [0.25, 0.3) is 0 Å². The molecule has 0 aliphatic heterocycles.